The topological polar surface area (TPSA) is 54.7 Å². The molecule has 100 valence electrons. The number of ether oxygens (including phenoxy) is 1. The molecule has 1 aliphatic heterocycles. The van der Waals surface area contributed by atoms with Crippen LogP contribution in [-0.2, 0) is 16.1 Å². The third-order valence-electron chi connectivity index (χ3n) is 3.22. The molecule has 1 aliphatic rings. The minimum absolute atomic E-state index is 0.124. The zero-order chi connectivity index (χ0) is 13.0. The lowest BCUT2D eigenvalue weighted by Gasteiger charge is -2.25. The first-order valence-electron chi connectivity index (χ1n) is 6.25. The predicted octanol–water partition coefficient (Wildman–Crippen LogP) is 0.925. The van der Waals surface area contributed by atoms with Crippen molar-refractivity contribution in [3.63, 3.8) is 0 Å². The Labute approximate surface area is 107 Å². The quantitative estimate of drug-likeness (QED) is 0.866. The number of carbonyl (C=O) groups is 1. The van der Waals surface area contributed by atoms with Gasteiger partial charge >= 0.3 is 0 Å². The van der Waals surface area contributed by atoms with E-state index in [0.717, 1.165) is 24.5 Å². The molecule has 0 bridgehead atoms. The highest BCUT2D eigenvalue weighted by atomic mass is 16.5. The minimum atomic E-state index is 0.124. The Hall–Kier alpha value is -1.33. The van der Waals surface area contributed by atoms with Crippen LogP contribution < -0.4 is 5.32 Å². The predicted molar refractivity (Wildman–Crippen MR) is 67.1 cm³/mol. The van der Waals surface area contributed by atoms with Crippen LogP contribution in [0, 0.1) is 6.92 Å². The van der Waals surface area contributed by atoms with Gasteiger partial charge in [-0.3, -0.25) is 4.79 Å². The monoisotopic (exact) mass is 252 g/mol. The summed E-state index contributed by atoms with van der Waals surface area (Å²) >= 11 is 0. The van der Waals surface area contributed by atoms with E-state index in [9.17, 15) is 4.79 Å². The Morgan fingerprint density at radius 2 is 2.44 bits per heavy atom. The highest BCUT2D eigenvalue weighted by Crippen LogP contribution is 2.12. The van der Waals surface area contributed by atoms with Crippen molar-refractivity contribution in [1.29, 1.82) is 0 Å². The number of rotatable bonds is 4. The third-order valence-corrected chi connectivity index (χ3v) is 3.22. The molecule has 0 saturated carbocycles. The number of morpholine rings is 1. The Morgan fingerprint density at radius 1 is 1.61 bits per heavy atom. The molecule has 18 heavy (non-hydrogen) atoms. The van der Waals surface area contributed by atoms with Gasteiger partial charge in [0.2, 0.25) is 5.91 Å². The molecule has 1 aromatic rings. The fourth-order valence-electron chi connectivity index (χ4n) is 2.04. The molecule has 1 unspecified atom stereocenters. The van der Waals surface area contributed by atoms with Gasteiger partial charge in [0.1, 0.15) is 5.76 Å². The zero-order valence-electron chi connectivity index (χ0n) is 10.9. The van der Waals surface area contributed by atoms with Crippen LogP contribution in [0.4, 0.5) is 0 Å². The van der Waals surface area contributed by atoms with Gasteiger partial charge in [-0.1, -0.05) is 0 Å². The first-order valence-corrected chi connectivity index (χ1v) is 6.25. The Morgan fingerprint density at radius 3 is 3.06 bits per heavy atom. The van der Waals surface area contributed by atoms with Crippen molar-refractivity contribution < 1.29 is 13.9 Å². The van der Waals surface area contributed by atoms with Gasteiger partial charge in [-0.2, -0.15) is 0 Å². The first-order chi connectivity index (χ1) is 8.66. The van der Waals surface area contributed by atoms with Crippen LogP contribution in [-0.4, -0.2) is 43.7 Å². The largest absolute Gasteiger partial charge is 0.469 e. The summed E-state index contributed by atoms with van der Waals surface area (Å²) < 4.78 is 10.6. The number of hydrogen-bond donors (Lipinski definition) is 1. The van der Waals surface area contributed by atoms with Gasteiger partial charge in [-0.15, -0.1) is 0 Å². The van der Waals surface area contributed by atoms with E-state index in [-0.39, 0.29) is 11.9 Å². The van der Waals surface area contributed by atoms with Crippen molar-refractivity contribution in [2.45, 2.75) is 25.9 Å². The minimum Gasteiger partial charge on any atom is -0.469 e. The maximum absolute atomic E-state index is 12.0. The lowest BCUT2D eigenvalue weighted by atomic mass is 10.1. The summed E-state index contributed by atoms with van der Waals surface area (Å²) in [4.78, 5) is 13.8. The number of hydrogen-bond acceptors (Lipinski definition) is 4. The molecule has 1 aromatic heterocycles. The van der Waals surface area contributed by atoms with Crippen LogP contribution >= 0.6 is 0 Å². The average Bonchev–Trinajstić information content (AvgIpc) is 2.76. The number of carbonyl (C=O) groups excluding carboxylic acids is 1. The van der Waals surface area contributed by atoms with Crippen LogP contribution in [0.5, 0.6) is 0 Å². The van der Waals surface area contributed by atoms with E-state index in [1.165, 1.54) is 0 Å². The summed E-state index contributed by atoms with van der Waals surface area (Å²) in [5.41, 5.74) is 1.05. The lowest BCUT2D eigenvalue weighted by molar-refractivity contribution is -0.131. The van der Waals surface area contributed by atoms with E-state index in [2.05, 4.69) is 5.32 Å². The molecule has 5 nitrogen and oxygen atoms in total. The smallest absolute Gasteiger partial charge is 0.224 e. The molecule has 1 saturated heterocycles. The van der Waals surface area contributed by atoms with Crippen LogP contribution in [0.2, 0.25) is 0 Å². The summed E-state index contributed by atoms with van der Waals surface area (Å²) in [6, 6.07) is 2.04. The average molecular weight is 252 g/mol. The van der Waals surface area contributed by atoms with Gasteiger partial charge in [0.15, 0.2) is 0 Å². The zero-order valence-corrected chi connectivity index (χ0v) is 10.9. The van der Waals surface area contributed by atoms with Gasteiger partial charge in [-0.25, -0.2) is 0 Å². The van der Waals surface area contributed by atoms with Crippen molar-refractivity contribution >= 4 is 5.91 Å². The van der Waals surface area contributed by atoms with Crippen LogP contribution in [0.15, 0.2) is 16.7 Å². The van der Waals surface area contributed by atoms with E-state index in [1.54, 1.807) is 11.2 Å². The molecule has 0 aromatic carbocycles. The highest BCUT2D eigenvalue weighted by molar-refractivity contribution is 5.76. The fourth-order valence-corrected chi connectivity index (χ4v) is 2.04. The van der Waals surface area contributed by atoms with Crippen molar-refractivity contribution in [3.05, 3.63) is 23.7 Å². The van der Waals surface area contributed by atoms with Crippen molar-refractivity contribution in [1.82, 2.24) is 10.2 Å². The second-order valence-electron chi connectivity index (χ2n) is 4.68. The number of aryl methyl sites for hydroxylation is 1. The third kappa shape index (κ3) is 3.34. The van der Waals surface area contributed by atoms with E-state index in [1.807, 2.05) is 20.0 Å². The van der Waals surface area contributed by atoms with E-state index >= 15 is 0 Å². The standard InChI is InChI=1S/C13H20N2O3/c1-10-11(3-5-18-10)8-15(2)13(16)7-12-9-17-6-4-14-12/h3,5,12,14H,4,6-9H2,1-2H3. The molecule has 0 radical (unpaired) electrons. The molecule has 1 N–H and O–H groups in total. The summed E-state index contributed by atoms with van der Waals surface area (Å²) in [5, 5.41) is 3.28. The number of nitrogens with one attached hydrogen (secondary N) is 1. The van der Waals surface area contributed by atoms with Crippen LogP contribution in [0.25, 0.3) is 0 Å². The number of nitrogens with zero attached hydrogens (tertiary/aromatic N) is 1. The van der Waals surface area contributed by atoms with Crippen LogP contribution in [0.3, 0.4) is 0 Å². The van der Waals surface area contributed by atoms with Gasteiger partial charge in [0.05, 0.1) is 19.5 Å². The molecule has 1 fully saturated rings. The molecular formula is C13H20N2O3. The molecule has 2 heterocycles. The van der Waals surface area contributed by atoms with Crippen molar-refractivity contribution in [2.75, 3.05) is 26.8 Å². The summed E-state index contributed by atoms with van der Waals surface area (Å²) in [6.07, 6.45) is 2.13. The van der Waals surface area contributed by atoms with Gasteiger partial charge in [0.25, 0.3) is 0 Å². The molecule has 0 aliphatic carbocycles. The Bertz CT molecular complexity index is 397. The SMILES string of the molecule is Cc1occc1CN(C)C(=O)CC1COCCN1. The van der Waals surface area contributed by atoms with Gasteiger partial charge < -0.3 is 19.4 Å². The number of amides is 1. The molecule has 1 atom stereocenters. The molecule has 0 spiro atoms. The maximum Gasteiger partial charge on any atom is 0.224 e. The normalized spacial score (nSPS) is 19.8. The fraction of sp³-hybridized carbons (Fsp3) is 0.615. The molecule has 2 rings (SSSR count). The second kappa shape index (κ2) is 6.02. The van der Waals surface area contributed by atoms with Gasteiger partial charge in [0, 0.05) is 38.2 Å². The Kier molecular flexibility index (Phi) is 4.38. The summed E-state index contributed by atoms with van der Waals surface area (Å²) in [7, 11) is 1.82. The van der Waals surface area contributed by atoms with E-state index in [0.29, 0.717) is 19.6 Å². The van der Waals surface area contributed by atoms with Crippen molar-refractivity contribution in [2.24, 2.45) is 0 Å². The molecular weight excluding hydrogens is 232 g/mol. The maximum atomic E-state index is 12.0. The van der Waals surface area contributed by atoms with Crippen LogP contribution in [0.1, 0.15) is 17.7 Å². The van der Waals surface area contributed by atoms with Gasteiger partial charge in [-0.05, 0) is 13.0 Å². The van der Waals surface area contributed by atoms with E-state index < -0.39 is 0 Å². The molecule has 5 heteroatoms. The molecule has 1 amide bonds. The highest BCUT2D eigenvalue weighted by Gasteiger charge is 2.19. The Balaban J connectivity index is 1.83. The summed E-state index contributed by atoms with van der Waals surface area (Å²) in [5.74, 6) is 0.993. The summed E-state index contributed by atoms with van der Waals surface area (Å²) in [6.45, 7) is 4.67. The second-order valence-corrected chi connectivity index (χ2v) is 4.68. The number of furan rings is 1. The lowest BCUT2D eigenvalue weighted by Crippen LogP contribution is -2.44. The van der Waals surface area contributed by atoms with E-state index in [4.69, 9.17) is 9.15 Å². The first kappa shape index (κ1) is 13.1. The van der Waals surface area contributed by atoms with Crippen molar-refractivity contribution in [3.8, 4) is 0 Å².